The lowest BCUT2D eigenvalue weighted by molar-refractivity contribution is -0.385. The number of hydrogen-bond acceptors (Lipinski definition) is 4. The summed E-state index contributed by atoms with van der Waals surface area (Å²) in [5.41, 5.74) is -0.710. The predicted molar refractivity (Wildman–Crippen MR) is 61.2 cm³/mol. The molecule has 2 aromatic carbocycles. The molecular formula is C12H7F2NO4. The van der Waals surface area contributed by atoms with Crippen molar-refractivity contribution in [3.05, 3.63) is 58.1 Å². The predicted octanol–water partition coefficient (Wildman–Crippen LogP) is 3.37. The molecule has 0 amide bonds. The minimum atomic E-state index is -1.20. The van der Waals surface area contributed by atoms with Crippen LogP contribution in [0.5, 0.6) is 17.2 Å². The third-order valence-electron chi connectivity index (χ3n) is 2.23. The summed E-state index contributed by atoms with van der Waals surface area (Å²) in [7, 11) is 0. The Hall–Kier alpha value is -2.70. The van der Waals surface area contributed by atoms with E-state index >= 15 is 0 Å². The number of nitro benzene ring substituents is 1. The Morgan fingerprint density at radius 3 is 2.32 bits per heavy atom. The van der Waals surface area contributed by atoms with Gasteiger partial charge in [0, 0.05) is 6.07 Å². The lowest BCUT2D eigenvalue weighted by Crippen LogP contribution is -1.96. The third kappa shape index (κ3) is 2.76. The molecule has 2 rings (SSSR count). The van der Waals surface area contributed by atoms with Crippen LogP contribution in [-0.2, 0) is 0 Å². The summed E-state index contributed by atoms with van der Waals surface area (Å²) in [6.45, 7) is 0. The molecule has 0 unspecified atom stereocenters. The number of halogens is 2. The first-order chi connectivity index (χ1) is 8.97. The Bertz CT molecular complexity index is 622. The highest BCUT2D eigenvalue weighted by atomic mass is 19.1. The van der Waals surface area contributed by atoms with E-state index in [4.69, 9.17) is 4.74 Å². The van der Waals surface area contributed by atoms with Gasteiger partial charge in [0.15, 0.2) is 17.4 Å². The summed E-state index contributed by atoms with van der Waals surface area (Å²) < 4.78 is 32.0. The Balaban J connectivity index is 2.38. The van der Waals surface area contributed by atoms with Crippen molar-refractivity contribution in [2.45, 2.75) is 0 Å². The second-order valence-corrected chi connectivity index (χ2v) is 3.60. The van der Waals surface area contributed by atoms with E-state index in [9.17, 15) is 24.0 Å². The zero-order chi connectivity index (χ0) is 14.0. The van der Waals surface area contributed by atoms with Crippen LogP contribution in [0.4, 0.5) is 14.5 Å². The van der Waals surface area contributed by atoms with Gasteiger partial charge < -0.3 is 9.84 Å². The van der Waals surface area contributed by atoms with Gasteiger partial charge in [-0.15, -0.1) is 0 Å². The molecule has 5 nitrogen and oxygen atoms in total. The fraction of sp³-hybridized carbons (Fsp3) is 0. The third-order valence-corrected chi connectivity index (χ3v) is 2.23. The number of nitro groups is 1. The maximum atomic E-state index is 13.5. The van der Waals surface area contributed by atoms with Gasteiger partial charge in [-0.2, -0.15) is 0 Å². The molecular weight excluding hydrogens is 260 g/mol. The van der Waals surface area contributed by atoms with E-state index < -0.39 is 28.0 Å². The highest BCUT2D eigenvalue weighted by Gasteiger charge is 2.18. The molecule has 0 aliphatic carbocycles. The van der Waals surface area contributed by atoms with Gasteiger partial charge in [0.05, 0.1) is 17.1 Å². The van der Waals surface area contributed by atoms with Crippen molar-refractivity contribution in [1.82, 2.24) is 0 Å². The van der Waals surface area contributed by atoms with E-state index in [1.54, 1.807) is 0 Å². The molecule has 0 aliphatic rings. The molecule has 0 aromatic heterocycles. The van der Waals surface area contributed by atoms with Crippen LogP contribution in [-0.4, -0.2) is 10.0 Å². The largest absolute Gasteiger partial charge is 0.508 e. The minimum absolute atomic E-state index is 0.00616. The van der Waals surface area contributed by atoms with Gasteiger partial charge in [0.1, 0.15) is 11.5 Å². The van der Waals surface area contributed by atoms with Crippen molar-refractivity contribution in [1.29, 1.82) is 0 Å². The zero-order valence-electron chi connectivity index (χ0n) is 9.34. The van der Waals surface area contributed by atoms with Gasteiger partial charge in [-0.05, 0) is 12.1 Å². The number of hydrogen-bond donors (Lipinski definition) is 1. The van der Waals surface area contributed by atoms with Crippen LogP contribution in [0.3, 0.4) is 0 Å². The Labute approximate surface area is 105 Å². The first kappa shape index (κ1) is 12.7. The summed E-state index contributed by atoms with van der Waals surface area (Å²) in [6, 6.07) is 6.42. The van der Waals surface area contributed by atoms with Crippen molar-refractivity contribution >= 4 is 5.69 Å². The summed E-state index contributed by atoms with van der Waals surface area (Å²) in [4.78, 5) is 9.51. The maximum absolute atomic E-state index is 13.5. The molecule has 0 saturated heterocycles. The minimum Gasteiger partial charge on any atom is -0.508 e. The van der Waals surface area contributed by atoms with Crippen molar-refractivity contribution in [3.8, 4) is 17.2 Å². The molecule has 7 heteroatoms. The van der Waals surface area contributed by atoms with Gasteiger partial charge >= 0.3 is 0 Å². The highest BCUT2D eigenvalue weighted by molar-refractivity contribution is 5.42. The maximum Gasteiger partial charge on any atom is 0.275 e. The zero-order valence-corrected chi connectivity index (χ0v) is 9.34. The number of phenols is 1. The smallest absolute Gasteiger partial charge is 0.275 e. The first-order valence-electron chi connectivity index (χ1n) is 5.07. The van der Waals surface area contributed by atoms with E-state index in [0.717, 1.165) is 6.07 Å². The summed E-state index contributed by atoms with van der Waals surface area (Å²) >= 11 is 0. The van der Waals surface area contributed by atoms with Crippen LogP contribution in [0.2, 0.25) is 0 Å². The number of non-ortho nitro benzene ring substituents is 1. The molecule has 0 heterocycles. The van der Waals surface area contributed by atoms with Crippen LogP contribution in [0, 0.1) is 21.7 Å². The number of rotatable bonds is 3. The average molecular weight is 267 g/mol. The summed E-state index contributed by atoms with van der Waals surface area (Å²) in [5, 5.41) is 19.6. The first-order valence-corrected chi connectivity index (χ1v) is 5.07. The standard InChI is InChI=1S/C12H7F2NO4/c13-10-4-7(15(17)18)5-11(14)12(10)19-9-3-1-2-8(16)6-9/h1-6,16H. The van der Waals surface area contributed by atoms with Gasteiger partial charge in [-0.3, -0.25) is 10.1 Å². The SMILES string of the molecule is O=[N+]([O-])c1cc(F)c(Oc2cccc(O)c2)c(F)c1. The number of nitrogens with zero attached hydrogens (tertiary/aromatic N) is 1. The van der Waals surface area contributed by atoms with E-state index in [1.807, 2.05) is 0 Å². The number of benzene rings is 2. The van der Waals surface area contributed by atoms with Crippen molar-refractivity contribution in [2.75, 3.05) is 0 Å². The molecule has 0 bridgehead atoms. The van der Waals surface area contributed by atoms with Gasteiger partial charge in [0.25, 0.3) is 5.69 Å². The van der Waals surface area contributed by atoms with E-state index in [0.29, 0.717) is 12.1 Å². The molecule has 2 aromatic rings. The second-order valence-electron chi connectivity index (χ2n) is 3.60. The van der Waals surface area contributed by atoms with Crippen LogP contribution in [0.1, 0.15) is 0 Å². The Morgan fingerprint density at radius 1 is 1.16 bits per heavy atom. The van der Waals surface area contributed by atoms with Crippen LogP contribution < -0.4 is 4.74 Å². The lowest BCUT2D eigenvalue weighted by atomic mass is 10.2. The highest BCUT2D eigenvalue weighted by Crippen LogP contribution is 2.31. The van der Waals surface area contributed by atoms with Crippen LogP contribution in [0.15, 0.2) is 36.4 Å². The topological polar surface area (TPSA) is 72.6 Å². The molecule has 0 atom stereocenters. The summed E-state index contributed by atoms with van der Waals surface area (Å²) in [5.74, 6) is -3.30. The monoisotopic (exact) mass is 267 g/mol. The molecule has 0 spiro atoms. The normalized spacial score (nSPS) is 10.2. The number of ether oxygens (including phenoxy) is 1. The molecule has 0 saturated carbocycles. The van der Waals surface area contributed by atoms with Crippen molar-refractivity contribution in [3.63, 3.8) is 0 Å². The molecule has 19 heavy (non-hydrogen) atoms. The molecule has 98 valence electrons. The summed E-state index contributed by atoms with van der Waals surface area (Å²) in [6.07, 6.45) is 0. The van der Waals surface area contributed by atoms with Crippen molar-refractivity contribution < 1.29 is 23.5 Å². The fourth-order valence-corrected chi connectivity index (χ4v) is 1.41. The fourth-order valence-electron chi connectivity index (χ4n) is 1.41. The molecule has 1 N–H and O–H groups in total. The van der Waals surface area contributed by atoms with Crippen LogP contribution >= 0.6 is 0 Å². The Morgan fingerprint density at radius 2 is 1.79 bits per heavy atom. The van der Waals surface area contributed by atoms with Crippen molar-refractivity contribution in [2.24, 2.45) is 0 Å². The van der Waals surface area contributed by atoms with Crippen LogP contribution in [0.25, 0.3) is 0 Å². The van der Waals surface area contributed by atoms with E-state index in [-0.39, 0.29) is 11.5 Å². The molecule has 0 fully saturated rings. The lowest BCUT2D eigenvalue weighted by Gasteiger charge is -2.07. The average Bonchev–Trinajstić information content (AvgIpc) is 2.33. The van der Waals surface area contributed by atoms with E-state index in [1.165, 1.54) is 18.2 Å². The quantitative estimate of drug-likeness (QED) is 0.683. The number of aromatic hydroxyl groups is 1. The van der Waals surface area contributed by atoms with Gasteiger partial charge in [-0.1, -0.05) is 6.07 Å². The van der Waals surface area contributed by atoms with Gasteiger partial charge in [0.2, 0.25) is 0 Å². The number of phenolic OH excluding ortho intramolecular Hbond substituents is 1. The molecule has 0 radical (unpaired) electrons. The molecule has 0 aliphatic heterocycles. The second kappa shape index (κ2) is 4.89. The Kier molecular flexibility index (Phi) is 3.28. The van der Waals surface area contributed by atoms with E-state index in [2.05, 4.69) is 0 Å². The van der Waals surface area contributed by atoms with Gasteiger partial charge in [-0.25, -0.2) is 8.78 Å².